The summed E-state index contributed by atoms with van der Waals surface area (Å²) < 4.78 is 25.2. The van der Waals surface area contributed by atoms with Crippen molar-refractivity contribution in [2.75, 3.05) is 0 Å². The van der Waals surface area contributed by atoms with E-state index in [1.165, 1.54) is 6.07 Å². The first kappa shape index (κ1) is 12.0. The third-order valence-electron chi connectivity index (χ3n) is 1.35. The van der Waals surface area contributed by atoms with Crippen molar-refractivity contribution in [2.45, 2.75) is 6.43 Å². The van der Waals surface area contributed by atoms with Gasteiger partial charge in [-0.15, -0.1) is 0 Å². The monoisotopic (exact) mass is 347 g/mol. The molecule has 0 amide bonds. The summed E-state index contributed by atoms with van der Waals surface area (Å²) in [5, 5.41) is -0.875. The van der Waals surface area contributed by atoms with Crippen LogP contribution >= 0.6 is 43.5 Å². The van der Waals surface area contributed by atoms with Gasteiger partial charge in [-0.05, 0) is 49.5 Å². The zero-order valence-corrected chi connectivity index (χ0v) is 10.3. The van der Waals surface area contributed by atoms with Gasteiger partial charge < -0.3 is 0 Å². The molecule has 1 aromatic heterocycles. The second-order valence-corrected chi connectivity index (χ2v) is 4.25. The number of carbonyl (C=O) groups excluding carboxylic acids is 1. The Bertz CT molecular complexity index is 386. The van der Waals surface area contributed by atoms with Gasteiger partial charge in [-0.3, -0.25) is 4.79 Å². The molecule has 0 saturated carbocycles. The van der Waals surface area contributed by atoms with E-state index in [2.05, 4.69) is 36.8 Å². The van der Waals surface area contributed by atoms with Crippen LogP contribution in [0.15, 0.2) is 15.0 Å². The average Bonchev–Trinajstić information content (AvgIpc) is 2.08. The molecule has 0 aliphatic heterocycles. The topological polar surface area (TPSA) is 30.0 Å². The van der Waals surface area contributed by atoms with Gasteiger partial charge in [0.15, 0.2) is 0 Å². The number of nitrogens with zero attached hydrogens (tertiary/aromatic N) is 1. The van der Waals surface area contributed by atoms with E-state index >= 15 is 0 Å². The molecule has 0 aliphatic carbocycles. The molecule has 0 aliphatic rings. The molecule has 0 aromatic carbocycles. The van der Waals surface area contributed by atoms with Gasteiger partial charge in [-0.25, -0.2) is 13.8 Å². The summed E-state index contributed by atoms with van der Waals surface area (Å²) in [6.07, 6.45) is -2.77. The predicted octanol–water partition coefficient (Wildman–Crippen LogP) is 3.92. The lowest BCUT2D eigenvalue weighted by Gasteiger charge is -2.05. The van der Waals surface area contributed by atoms with Gasteiger partial charge in [0, 0.05) is 4.47 Å². The highest BCUT2D eigenvalue weighted by molar-refractivity contribution is 9.13. The van der Waals surface area contributed by atoms with Crippen molar-refractivity contribution < 1.29 is 13.6 Å². The van der Waals surface area contributed by atoms with Crippen molar-refractivity contribution in [1.29, 1.82) is 0 Å². The number of hydrogen-bond acceptors (Lipinski definition) is 2. The molecule has 2 nitrogen and oxygen atoms in total. The van der Waals surface area contributed by atoms with Crippen molar-refractivity contribution in [3.63, 3.8) is 0 Å². The first-order chi connectivity index (χ1) is 6.43. The molecule has 0 saturated heterocycles. The van der Waals surface area contributed by atoms with Gasteiger partial charge in [0.25, 0.3) is 11.7 Å². The largest absolute Gasteiger partial charge is 0.281 e. The zero-order valence-electron chi connectivity index (χ0n) is 6.40. The fourth-order valence-corrected chi connectivity index (χ4v) is 1.66. The first-order valence-corrected chi connectivity index (χ1v) is 5.23. The van der Waals surface area contributed by atoms with Gasteiger partial charge in [0.2, 0.25) is 0 Å². The van der Waals surface area contributed by atoms with Gasteiger partial charge >= 0.3 is 0 Å². The number of pyridine rings is 1. The van der Waals surface area contributed by atoms with Crippen LogP contribution in [0.3, 0.4) is 0 Å². The summed E-state index contributed by atoms with van der Waals surface area (Å²) in [5.41, 5.74) is -0.722. The summed E-state index contributed by atoms with van der Waals surface area (Å²) in [6.45, 7) is 0. The van der Waals surface area contributed by atoms with Crippen LogP contribution in [0.5, 0.6) is 0 Å². The third-order valence-corrected chi connectivity index (χ3v) is 3.53. The van der Waals surface area contributed by atoms with Crippen LogP contribution in [-0.4, -0.2) is 10.2 Å². The van der Waals surface area contributed by atoms with Crippen LogP contribution in [0.25, 0.3) is 0 Å². The number of alkyl halides is 2. The van der Waals surface area contributed by atoms with E-state index in [1.807, 2.05) is 0 Å². The van der Waals surface area contributed by atoms with Crippen LogP contribution in [0, 0.1) is 0 Å². The molecule has 0 fully saturated rings. The second kappa shape index (κ2) is 4.63. The Morgan fingerprint density at radius 3 is 2.50 bits per heavy atom. The Balaban J connectivity index is 3.35. The summed E-state index contributed by atoms with van der Waals surface area (Å²) in [6, 6.07) is 1.27. The number of aromatic nitrogens is 1. The van der Waals surface area contributed by atoms with Gasteiger partial charge in [0.05, 0.1) is 4.47 Å². The Kier molecular flexibility index (Phi) is 3.97. The minimum absolute atomic E-state index is 0.120. The molecule has 1 heterocycles. The summed E-state index contributed by atoms with van der Waals surface area (Å²) in [5.74, 6) is 0. The molecule has 0 radical (unpaired) electrons. The van der Waals surface area contributed by atoms with Crippen molar-refractivity contribution in [1.82, 2.24) is 4.98 Å². The summed E-state index contributed by atoms with van der Waals surface area (Å²) >= 11 is 11.0. The molecule has 0 N–H and O–H groups in total. The minimum Gasteiger partial charge on any atom is -0.274 e. The molecular formula is C7H2Br2ClF2NO. The molecule has 0 unspecified atom stereocenters. The number of halogens is 5. The number of carbonyl (C=O) groups is 1. The van der Waals surface area contributed by atoms with E-state index in [1.54, 1.807) is 0 Å². The summed E-state index contributed by atoms with van der Waals surface area (Å²) in [4.78, 5) is 14.1. The lowest BCUT2D eigenvalue weighted by molar-refractivity contribution is 0.107. The highest BCUT2D eigenvalue weighted by atomic mass is 79.9. The van der Waals surface area contributed by atoms with E-state index in [4.69, 9.17) is 11.6 Å². The molecule has 1 aromatic rings. The van der Waals surface area contributed by atoms with Crippen molar-refractivity contribution in [3.8, 4) is 0 Å². The molecule has 7 heteroatoms. The maximum absolute atomic E-state index is 12.4. The van der Waals surface area contributed by atoms with E-state index in [0.29, 0.717) is 4.47 Å². The predicted molar refractivity (Wildman–Crippen MR) is 54.8 cm³/mol. The average molecular weight is 349 g/mol. The number of rotatable bonds is 2. The standard InChI is InChI=1S/C7H2Br2ClF2NO/c8-2-1-3(6(10)14)13-5(4(2)9)7(11)12/h1,7H. The highest BCUT2D eigenvalue weighted by Gasteiger charge is 2.19. The Morgan fingerprint density at radius 1 is 1.50 bits per heavy atom. The molecule has 0 bridgehead atoms. The first-order valence-electron chi connectivity index (χ1n) is 3.27. The minimum atomic E-state index is -2.77. The van der Waals surface area contributed by atoms with Crippen LogP contribution in [0.1, 0.15) is 22.6 Å². The number of hydrogen-bond donors (Lipinski definition) is 0. The quantitative estimate of drug-likeness (QED) is 0.758. The molecule has 0 spiro atoms. The van der Waals surface area contributed by atoms with Crippen molar-refractivity contribution in [2.24, 2.45) is 0 Å². The lowest BCUT2D eigenvalue weighted by Crippen LogP contribution is -2.01. The SMILES string of the molecule is O=C(Cl)c1cc(Br)c(Br)c(C(F)F)n1. The normalized spacial score (nSPS) is 10.7. The van der Waals surface area contributed by atoms with E-state index in [9.17, 15) is 13.6 Å². The van der Waals surface area contributed by atoms with E-state index in [-0.39, 0.29) is 10.2 Å². The van der Waals surface area contributed by atoms with Crippen molar-refractivity contribution >= 4 is 48.7 Å². The van der Waals surface area contributed by atoms with Crippen molar-refractivity contribution in [3.05, 3.63) is 26.4 Å². The van der Waals surface area contributed by atoms with Crippen LogP contribution in [-0.2, 0) is 0 Å². The molecule has 1 rings (SSSR count). The maximum Gasteiger partial charge on any atom is 0.281 e. The summed E-state index contributed by atoms with van der Waals surface area (Å²) in [7, 11) is 0. The lowest BCUT2D eigenvalue weighted by atomic mass is 10.3. The third kappa shape index (κ3) is 2.49. The molecular weight excluding hydrogens is 347 g/mol. The second-order valence-electron chi connectivity index (χ2n) is 2.26. The highest BCUT2D eigenvalue weighted by Crippen LogP contribution is 2.32. The Morgan fingerprint density at radius 2 is 2.07 bits per heavy atom. The fourth-order valence-electron chi connectivity index (χ4n) is 0.762. The fraction of sp³-hybridized carbons (Fsp3) is 0.143. The molecule has 76 valence electrons. The van der Waals surface area contributed by atoms with Crippen LogP contribution in [0.2, 0.25) is 0 Å². The Hall–Kier alpha value is -0.0700. The van der Waals surface area contributed by atoms with Crippen LogP contribution < -0.4 is 0 Å². The smallest absolute Gasteiger partial charge is 0.274 e. The van der Waals surface area contributed by atoms with E-state index < -0.39 is 17.4 Å². The molecule has 14 heavy (non-hydrogen) atoms. The van der Waals surface area contributed by atoms with Gasteiger partial charge in [0.1, 0.15) is 11.4 Å². The maximum atomic E-state index is 12.4. The molecule has 0 atom stereocenters. The van der Waals surface area contributed by atoms with E-state index in [0.717, 1.165) is 0 Å². The Labute approximate surface area is 99.9 Å². The van der Waals surface area contributed by atoms with Crippen LogP contribution in [0.4, 0.5) is 8.78 Å². The van der Waals surface area contributed by atoms with Gasteiger partial charge in [-0.1, -0.05) is 0 Å². The zero-order chi connectivity index (χ0) is 10.9. The van der Waals surface area contributed by atoms with Gasteiger partial charge in [-0.2, -0.15) is 0 Å².